The minimum Gasteiger partial charge on any atom is -0.312 e. The van der Waals surface area contributed by atoms with Gasteiger partial charge in [-0.3, -0.25) is 9.69 Å². The van der Waals surface area contributed by atoms with E-state index >= 15 is 0 Å². The number of carbonyl (C=O) groups excluding carboxylic acids is 2. The number of amides is 3. The first kappa shape index (κ1) is 7.54. The number of likely N-dealkylation sites (N-methyl/N-ethyl adjacent to an activating group) is 1. The van der Waals surface area contributed by atoms with Crippen LogP contribution in [0, 0.1) is 0 Å². The lowest BCUT2D eigenvalue weighted by Crippen LogP contribution is -2.51. The molecule has 5 nitrogen and oxygen atoms in total. The number of urea groups is 1. The Morgan fingerprint density at radius 3 is 2.92 bits per heavy atom. The fraction of sp³-hybridized carbons (Fsp3) is 0.714. The summed E-state index contributed by atoms with van der Waals surface area (Å²) in [6.45, 7) is 2.01. The second kappa shape index (κ2) is 2.45. The molecule has 0 spiro atoms. The van der Waals surface area contributed by atoms with E-state index in [1.807, 2.05) is 0 Å². The van der Waals surface area contributed by atoms with Crippen LogP contribution in [0.1, 0.15) is 0 Å². The van der Waals surface area contributed by atoms with E-state index in [1.165, 1.54) is 11.9 Å². The Labute approximate surface area is 70.3 Å². The van der Waals surface area contributed by atoms with Crippen molar-refractivity contribution in [2.45, 2.75) is 6.04 Å². The summed E-state index contributed by atoms with van der Waals surface area (Å²) in [5, 5.41) is 3.09. The third-order valence-electron chi connectivity index (χ3n) is 2.39. The van der Waals surface area contributed by atoms with Crippen LogP contribution in [0.25, 0.3) is 0 Å². The van der Waals surface area contributed by atoms with E-state index < -0.39 is 0 Å². The zero-order chi connectivity index (χ0) is 8.72. The predicted octanol–water partition coefficient (Wildman–Crippen LogP) is -1.15. The minimum atomic E-state index is -0.253. The molecular weight excluding hydrogens is 158 g/mol. The number of nitrogens with one attached hydrogen (secondary N) is 1. The van der Waals surface area contributed by atoms with E-state index in [9.17, 15) is 9.59 Å². The van der Waals surface area contributed by atoms with Gasteiger partial charge in [-0.15, -0.1) is 0 Å². The Bertz CT molecular complexity index is 217. The standard InChI is InChI=1S/C7H11N3O2/c1-9-6(11)5-4-8-2-3-10(5)7(9)12/h5,8H,2-4H2,1H3. The molecule has 0 aromatic rings. The van der Waals surface area contributed by atoms with Crippen LogP contribution in [0.3, 0.4) is 0 Å². The second-order valence-corrected chi connectivity index (χ2v) is 3.09. The van der Waals surface area contributed by atoms with E-state index in [2.05, 4.69) is 5.32 Å². The molecule has 2 rings (SSSR count). The predicted molar refractivity (Wildman–Crippen MR) is 41.5 cm³/mol. The van der Waals surface area contributed by atoms with Crippen molar-refractivity contribution in [3.63, 3.8) is 0 Å². The Morgan fingerprint density at radius 1 is 1.50 bits per heavy atom. The summed E-state index contributed by atoms with van der Waals surface area (Å²) in [5.74, 6) is -0.0906. The number of piperazine rings is 1. The van der Waals surface area contributed by atoms with Gasteiger partial charge in [-0.25, -0.2) is 4.79 Å². The van der Waals surface area contributed by atoms with Crippen LogP contribution in [0.2, 0.25) is 0 Å². The lowest BCUT2D eigenvalue weighted by Gasteiger charge is -2.26. The van der Waals surface area contributed by atoms with Gasteiger partial charge in [0.2, 0.25) is 0 Å². The maximum atomic E-state index is 11.4. The molecule has 0 aromatic carbocycles. The van der Waals surface area contributed by atoms with E-state index in [0.29, 0.717) is 13.1 Å². The highest BCUT2D eigenvalue weighted by molar-refractivity contribution is 6.04. The molecular formula is C7H11N3O2. The normalized spacial score (nSPS) is 29.6. The molecule has 66 valence electrons. The molecule has 0 radical (unpaired) electrons. The Morgan fingerprint density at radius 2 is 2.25 bits per heavy atom. The van der Waals surface area contributed by atoms with Crippen LogP contribution in [-0.4, -0.2) is 54.5 Å². The van der Waals surface area contributed by atoms with E-state index in [-0.39, 0.29) is 18.0 Å². The Kier molecular flexibility index (Phi) is 1.54. The van der Waals surface area contributed by atoms with Crippen molar-refractivity contribution in [2.24, 2.45) is 0 Å². The molecule has 0 aliphatic carbocycles. The summed E-state index contributed by atoms with van der Waals surface area (Å²) < 4.78 is 0. The van der Waals surface area contributed by atoms with Crippen molar-refractivity contribution in [1.29, 1.82) is 0 Å². The molecule has 5 heteroatoms. The molecule has 0 saturated carbocycles. The van der Waals surface area contributed by atoms with Gasteiger partial charge < -0.3 is 10.2 Å². The van der Waals surface area contributed by atoms with Crippen molar-refractivity contribution in [3.05, 3.63) is 0 Å². The average molecular weight is 169 g/mol. The molecule has 1 N–H and O–H groups in total. The van der Waals surface area contributed by atoms with Gasteiger partial charge in [-0.1, -0.05) is 0 Å². The number of carbonyl (C=O) groups is 2. The van der Waals surface area contributed by atoms with Crippen molar-refractivity contribution in [1.82, 2.24) is 15.1 Å². The molecule has 2 saturated heterocycles. The fourth-order valence-electron chi connectivity index (χ4n) is 1.66. The molecule has 2 aliphatic rings. The van der Waals surface area contributed by atoms with E-state index in [0.717, 1.165) is 6.54 Å². The highest BCUT2D eigenvalue weighted by Gasteiger charge is 2.43. The number of hydrogen-bond donors (Lipinski definition) is 1. The van der Waals surface area contributed by atoms with Crippen LogP contribution >= 0.6 is 0 Å². The fourth-order valence-corrected chi connectivity index (χ4v) is 1.66. The van der Waals surface area contributed by atoms with Gasteiger partial charge in [0.25, 0.3) is 5.91 Å². The SMILES string of the molecule is CN1C(=O)C2CNCCN2C1=O. The number of imide groups is 1. The van der Waals surface area contributed by atoms with Crippen molar-refractivity contribution >= 4 is 11.9 Å². The van der Waals surface area contributed by atoms with Crippen LogP contribution < -0.4 is 5.32 Å². The number of fused-ring (bicyclic) bond motifs is 1. The lowest BCUT2D eigenvalue weighted by molar-refractivity contribution is -0.127. The van der Waals surface area contributed by atoms with Crippen LogP contribution in [-0.2, 0) is 4.79 Å². The maximum absolute atomic E-state index is 11.4. The lowest BCUT2D eigenvalue weighted by atomic mass is 10.2. The quantitative estimate of drug-likeness (QED) is 0.466. The summed E-state index contributed by atoms with van der Waals surface area (Å²) in [6.07, 6.45) is 0. The third kappa shape index (κ3) is 0.828. The minimum absolute atomic E-state index is 0.0906. The number of rotatable bonds is 0. The van der Waals surface area contributed by atoms with Crippen molar-refractivity contribution in [3.8, 4) is 0 Å². The molecule has 2 fully saturated rings. The first-order valence-electron chi connectivity index (χ1n) is 4.00. The van der Waals surface area contributed by atoms with Crippen LogP contribution in [0.15, 0.2) is 0 Å². The first-order chi connectivity index (χ1) is 5.72. The van der Waals surface area contributed by atoms with Gasteiger partial charge in [-0.2, -0.15) is 0 Å². The zero-order valence-corrected chi connectivity index (χ0v) is 6.91. The summed E-state index contributed by atoms with van der Waals surface area (Å²) in [4.78, 5) is 25.5. The van der Waals surface area contributed by atoms with Gasteiger partial charge in [-0.05, 0) is 0 Å². The molecule has 12 heavy (non-hydrogen) atoms. The summed E-state index contributed by atoms with van der Waals surface area (Å²) in [5.41, 5.74) is 0. The van der Waals surface area contributed by atoms with Gasteiger partial charge in [0, 0.05) is 26.7 Å². The molecule has 1 atom stereocenters. The summed E-state index contributed by atoms with van der Waals surface area (Å²) in [6, 6.07) is -0.414. The van der Waals surface area contributed by atoms with Crippen molar-refractivity contribution in [2.75, 3.05) is 26.7 Å². The highest BCUT2D eigenvalue weighted by atomic mass is 16.2. The van der Waals surface area contributed by atoms with E-state index in [4.69, 9.17) is 0 Å². The molecule has 2 aliphatic heterocycles. The molecule has 1 unspecified atom stereocenters. The maximum Gasteiger partial charge on any atom is 0.327 e. The van der Waals surface area contributed by atoms with Gasteiger partial charge in [0.1, 0.15) is 6.04 Å². The van der Waals surface area contributed by atoms with Gasteiger partial charge in [0.15, 0.2) is 0 Å². The average Bonchev–Trinajstić information content (AvgIpc) is 2.33. The molecule has 2 heterocycles. The topological polar surface area (TPSA) is 52.7 Å². The zero-order valence-electron chi connectivity index (χ0n) is 6.91. The second-order valence-electron chi connectivity index (χ2n) is 3.09. The smallest absolute Gasteiger partial charge is 0.312 e. The summed E-state index contributed by atoms with van der Waals surface area (Å²) >= 11 is 0. The van der Waals surface area contributed by atoms with Crippen LogP contribution in [0.5, 0.6) is 0 Å². The molecule has 0 aromatic heterocycles. The summed E-state index contributed by atoms with van der Waals surface area (Å²) in [7, 11) is 1.53. The highest BCUT2D eigenvalue weighted by Crippen LogP contribution is 2.16. The molecule has 0 bridgehead atoms. The van der Waals surface area contributed by atoms with Gasteiger partial charge in [0.05, 0.1) is 0 Å². The first-order valence-corrected chi connectivity index (χ1v) is 4.00. The largest absolute Gasteiger partial charge is 0.327 e. The monoisotopic (exact) mass is 169 g/mol. The van der Waals surface area contributed by atoms with Gasteiger partial charge >= 0.3 is 6.03 Å². The Balaban J connectivity index is 2.25. The Hall–Kier alpha value is -1.10. The number of hydrogen-bond acceptors (Lipinski definition) is 3. The number of nitrogens with zero attached hydrogens (tertiary/aromatic N) is 2. The van der Waals surface area contributed by atoms with Crippen molar-refractivity contribution < 1.29 is 9.59 Å². The van der Waals surface area contributed by atoms with Crippen LogP contribution in [0.4, 0.5) is 4.79 Å². The molecule has 3 amide bonds. The third-order valence-corrected chi connectivity index (χ3v) is 2.39. The van der Waals surface area contributed by atoms with E-state index in [1.54, 1.807) is 4.90 Å².